The molecule has 2 amide bonds. The first-order valence-corrected chi connectivity index (χ1v) is 6.67. The van der Waals surface area contributed by atoms with E-state index in [0.717, 1.165) is 11.6 Å². The van der Waals surface area contributed by atoms with Crippen LogP contribution in [-0.4, -0.2) is 18.4 Å². The van der Waals surface area contributed by atoms with Crippen LogP contribution in [0.15, 0.2) is 42.5 Å². The van der Waals surface area contributed by atoms with Crippen LogP contribution in [0.25, 0.3) is 0 Å². The number of amides is 2. The molecule has 6 heteroatoms. The summed E-state index contributed by atoms with van der Waals surface area (Å²) in [7, 11) is 0. The highest BCUT2D eigenvalue weighted by molar-refractivity contribution is 6.07. The van der Waals surface area contributed by atoms with Gasteiger partial charge in [-0.15, -0.1) is 0 Å². The third-order valence-electron chi connectivity index (χ3n) is 2.97. The van der Waals surface area contributed by atoms with E-state index in [1.807, 2.05) is 13.0 Å². The van der Waals surface area contributed by atoms with Crippen LogP contribution in [0, 0.1) is 12.7 Å². The van der Waals surface area contributed by atoms with Crippen LogP contribution in [-0.2, 0) is 4.79 Å². The predicted molar refractivity (Wildman–Crippen MR) is 83.2 cm³/mol. The maximum atomic E-state index is 13.3. The van der Waals surface area contributed by atoms with Crippen molar-refractivity contribution in [1.29, 1.82) is 0 Å². The molecule has 4 N–H and O–H groups in total. The van der Waals surface area contributed by atoms with Gasteiger partial charge >= 0.3 is 0 Å². The SMILES string of the molecule is Cc1cccc(C(=O)Nc2ccc(F)cc2NC(=O)CN)c1. The van der Waals surface area contributed by atoms with Gasteiger partial charge in [0.1, 0.15) is 5.82 Å². The van der Waals surface area contributed by atoms with Gasteiger partial charge in [0.25, 0.3) is 5.91 Å². The van der Waals surface area contributed by atoms with Crippen molar-refractivity contribution in [2.24, 2.45) is 5.73 Å². The number of hydrogen-bond acceptors (Lipinski definition) is 3. The maximum absolute atomic E-state index is 13.3. The zero-order valence-corrected chi connectivity index (χ0v) is 12.0. The summed E-state index contributed by atoms with van der Waals surface area (Å²) in [5.74, 6) is -1.35. The number of hydrogen-bond donors (Lipinski definition) is 3. The van der Waals surface area contributed by atoms with Gasteiger partial charge in [0.15, 0.2) is 0 Å². The molecule has 0 fully saturated rings. The molecule has 22 heavy (non-hydrogen) atoms. The van der Waals surface area contributed by atoms with E-state index < -0.39 is 11.7 Å². The molecular formula is C16H16FN3O2. The summed E-state index contributed by atoms with van der Waals surface area (Å²) < 4.78 is 13.3. The van der Waals surface area contributed by atoms with E-state index in [4.69, 9.17) is 5.73 Å². The molecule has 0 atom stereocenters. The Balaban J connectivity index is 2.25. The first-order valence-electron chi connectivity index (χ1n) is 6.67. The minimum Gasteiger partial charge on any atom is -0.323 e. The minimum absolute atomic E-state index is 0.163. The molecule has 0 heterocycles. The predicted octanol–water partition coefficient (Wildman–Crippen LogP) is 2.28. The molecule has 2 aromatic rings. The Morgan fingerprint density at radius 3 is 2.55 bits per heavy atom. The number of aryl methyl sites for hydroxylation is 1. The Kier molecular flexibility index (Phi) is 4.85. The molecule has 2 aromatic carbocycles. The summed E-state index contributed by atoms with van der Waals surface area (Å²) in [4.78, 5) is 23.6. The monoisotopic (exact) mass is 301 g/mol. The normalized spacial score (nSPS) is 10.1. The highest BCUT2D eigenvalue weighted by Gasteiger charge is 2.12. The number of nitrogens with one attached hydrogen (secondary N) is 2. The number of carbonyl (C=O) groups excluding carboxylic acids is 2. The number of carbonyl (C=O) groups is 2. The van der Waals surface area contributed by atoms with Crippen LogP contribution in [0.2, 0.25) is 0 Å². The highest BCUT2D eigenvalue weighted by atomic mass is 19.1. The molecule has 0 radical (unpaired) electrons. The van der Waals surface area contributed by atoms with Gasteiger partial charge in [-0.1, -0.05) is 17.7 Å². The van der Waals surface area contributed by atoms with E-state index in [-0.39, 0.29) is 18.1 Å². The van der Waals surface area contributed by atoms with Crippen molar-refractivity contribution < 1.29 is 14.0 Å². The Hall–Kier alpha value is -2.73. The molecule has 0 saturated carbocycles. The van der Waals surface area contributed by atoms with Gasteiger partial charge in [0, 0.05) is 5.56 Å². The van der Waals surface area contributed by atoms with Gasteiger partial charge in [0.05, 0.1) is 17.9 Å². The molecule has 0 aliphatic rings. The lowest BCUT2D eigenvalue weighted by atomic mass is 10.1. The Morgan fingerprint density at radius 2 is 1.86 bits per heavy atom. The van der Waals surface area contributed by atoms with E-state index in [9.17, 15) is 14.0 Å². The van der Waals surface area contributed by atoms with E-state index in [1.54, 1.807) is 18.2 Å². The standard InChI is InChI=1S/C16H16FN3O2/c1-10-3-2-4-11(7-10)16(22)20-13-6-5-12(17)8-14(13)19-15(21)9-18/h2-8H,9,18H2,1H3,(H,19,21)(H,20,22). The number of nitrogens with two attached hydrogens (primary N) is 1. The van der Waals surface area contributed by atoms with Crippen LogP contribution in [0.3, 0.4) is 0 Å². The molecule has 114 valence electrons. The van der Waals surface area contributed by atoms with Crippen LogP contribution < -0.4 is 16.4 Å². The topological polar surface area (TPSA) is 84.2 Å². The summed E-state index contributed by atoms with van der Waals surface area (Å²) in [5, 5.41) is 5.10. The van der Waals surface area contributed by atoms with Crippen molar-refractivity contribution in [2.75, 3.05) is 17.2 Å². The lowest BCUT2D eigenvalue weighted by molar-refractivity contribution is -0.114. The lowest BCUT2D eigenvalue weighted by Crippen LogP contribution is -2.23. The molecular weight excluding hydrogens is 285 g/mol. The van der Waals surface area contributed by atoms with Crippen LogP contribution in [0.5, 0.6) is 0 Å². The van der Waals surface area contributed by atoms with Gasteiger partial charge < -0.3 is 16.4 Å². The van der Waals surface area contributed by atoms with Gasteiger partial charge in [-0.2, -0.15) is 0 Å². The second-order valence-electron chi connectivity index (χ2n) is 4.77. The molecule has 0 spiro atoms. The molecule has 5 nitrogen and oxygen atoms in total. The summed E-state index contributed by atoms with van der Waals surface area (Å²) in [5.41, 5.74) is 7.11. The Bertz CT molecular complexity index is 716. The zero-order chi connectivity index (χ0) is 16.1. The third-order valence-corrected chi connectivity index (χ3v) is 2.97. The van der Waals surface area contributed by atoms with Crippen molar-refractivity contribution >= 4 is 23.2 Å². The van der Waals surface area contributed by atoms with Gasteiger partial charge in [0.2, 0.25) is 5.91 Å². The average Bonchev–Trinajstić information content (AvgIpc) is 2.49. The molecule has 0 aliphatic heterocycles. The van der Waals surface area contributed by atoms with E-state index in [2.05, 4.69) is 10.6 Å². The molecule has 0 aromatic heterocycles. The van der Waals surface area contributed by atoms with Crippen LogP contribution >= 0.6 is 0 Å². The van der Waals surface area contributed by atoms with Crippen molar-refractivity contribution in [3.63, 3.8) is 0 Å². The maximum Gasteiger partial charge on any atom is 0.255 e. The van der Waals surface area contributed by atoms with Crippen molar-refractivity contribution in [3.8, 4) is 0 Å². The molecule has 0 unspecified atom stereocenters. The second kappa shape index (κ2) is 6.82. The number of halogens is 1. The quantitative estimate of drug-likeness (QED) is 0.810. The third kappa shape index (κ3) is 3.89. The van der Waals surface area contributed by atoms with Crippen molar-refractivity contribution in [2.45, 2.75) is 6.92 Å². The summed E-state index contributed by atoms with van der Waals surface area (Å²) in [6.07, 6.45) is 0. The first-order chi connectivity index (χ1) is 10.5. The highest BCUT2D eigenvalue weighted by Crippen LogP contribution is 2.23. The minimum atomic E-state index is -0.527. The van der Waals surface area contributed by atoms with Gasteiger partial charge in [-0.3, -0.25) is 9.59 Å². The van der Waals surface area contributed by atoms with Crippen molar-refractivity contribution in [3.05, 3.63) is 59.4 Å². The fourth-order valence-corrected chi connectivity index (χ4v) is 1.91. The summed E-state index contributed by atoms with van der Waals surface area (Å²) in [6.45, 7) is 1.64. The van der Waals surface area contributed by atoms with Crippen LogP contribution in [0.1, 0.15) is 15.9 Å². The van der Waals surface area contributed by atoms with Crippen LogP contribution in [0.4, 0.5) is 15.8 Å². The molecule has 0 aliphatic carbocycles. The Morgan fingerprint density at radius 1 is 1.09 bits per heavy atom. The smallest absolute Gasteiger partial charge is 0.255 e. The summed E-state index contributed by atoms with van der Waals surface area (Å²) >= 11 is 0. The van der Waals surface area contributed by atoms with E-state index in [1.165, 1.54) is 12.1 Å². The average molecular weight is 301 g/mol. The second-order valence-corrected chi connectivity index (χ2v) is 4.77. The Labute approximate surface area is 127 Å². The first kappa shape index (κ1) is 15.7. The molecule has 0 bridgehead atoms. The molecule has 0 saturated heterocycles. The van der Waals surface area contributed by atoms with Crippen molar-refractivity contribution in [1.82, 2.24) is 0 Å². The fraction of sp³-hybridized carbons (Fsp3) is 0.125. The van der Waals surface area contributed by atoms with Gasteiger partial charge in [-0.05, 0) is 37.3 Å². The number of anilines is 2. The lowest BCUT2D eigenvalue weighted by Gasteiger charge is -2.12. The van der Waals surface area contributed by atoms with Gasteiger partial charge in [-0.25, -0.2) is 4.39 Å². The number of benzene rings is 2. The zero-order valence-electron chi connectivity index (χ0n) is 12.0. The number of rotatable bonds is 4. The van der Waals surface area contributed by atoms with E-state index >= 15 is 0 Å². The summed E-state index contributed by atoms with van der Waals surface area (Å²) in [6, 6.07) is 10.8. The largest absolute Gasteiger partial charge is 0.323 e. The molecule has 2 rings (SSSR count). The fourth-order valence-electron chi connectivity index (χ4n) is 1.91. The van der Waals surface area contributed by atoms with E-state index in [0.29, 0.717) is 11.3 Å².